The molecule has 3 nitrogen and oxygen atoms in total. The quantitative estimate of drug-likeness (QED) is 0.706. The van der Waals surface area contributed by atoms with Gasteiger partial charge in [0.2, 0.25) is 0 Å². The summed E-state index contributed by atoms with van der Waals surface area (Å²) in [5.74, 6) is -0.0917. The summed E-state index contributed by atoms with van der Waals surface area (Å²) in [5.41, 5.74) is 4.55. The molecular weight excluding hydrogens is 308 g/mol. The van der Waals surface area contributed by atoms with Crippen molar-refractivity contribution in [3.8, 4) is 0 Å². The van der Waals surface area contributed by atoms with Crippen molar-refractivity contribution in [2.45, 2.75) is 27.3 Å². The van der Waals surface area contributed by atoms with Crippen LogP contribution in [-0.4, -0.2) is 10.5 Å². The summed E-state index contributed by atoms with van der Waals surface area (Å²) in [5, 5.41) is 4.73. The van der Waals surface area contributed by atoms with Crippen LogP contribution in [0.15, 0.2) is 42.5 Å². The molecule has 0 aliphatic rings. The Kier molecular flexibility index (Phi) is 4.14. The molecule has 0 radical (unpaired) electrons. The Labute approximate surface area is 140 Å². The molecule has 3 aromatic rings. The molecule has 0 saturated heterocycles. The number of para-hydroxylation sites is 1. The standard InChI is InChI=1S/C19H19ClN2O/c1-4-22-17-10-9-14(20)11-15(17)13(3)18(22)19(23)21-16-8-6-5-7-12(16)2/h5-11H,4H2,1-3H3,(H,21,23). The van der Waals surface area contributed by atoms with Gasteiger partial charge < -0.3 is 9.88 Å². The van der Waals surface area contributed by atoms with Gasteiger partial charge in [0.1, 0.15) is 5.69 Å². The molecule has 1 amide bonds. The van der Waals surface area contributed by atoms with Gasteiger partial charge in [0.05, 0.1) is 0 Å². The van der Waals surface area contributed by atoms with Gasteiger partial charge in [-0.2, -0.15) is 0 Å². The zero-order chi connectivity index (χ0) is 16.6. The lowest BCUT2D eigenvalue weighted by molar-refractivity contribution is 0.101. The fraction of sp³-hybridized carbons (Fsp3) is 0.211. The molecule has 2 aromatic carbocycles. The first-order chi connectivity index (χ1) is 11.0. The summed E-state index contributed by atoms with van der Waals surface area (Å²) in [6, 6.07) is 13.5. The van der Waals surface area contributed by atoms with Gasteiger partial charge in [-0.05, 0) is 56.2 Å². The number of rotatable bonds is 3. The number of halogens is 1. The van der Waals surface area contributed by atoms with Crippen molar-refractivity contribution in [3.05, 3.63) is 64.3 Å². The fourth-order valence-electron chi connectivity index (χ4n) is 3.01. The SMILES string of the molecule is CCn1c(C(=O)Nc2ccccc2C)c(C)c2cc(Cl)ccc21. The fourth-order valence-corrected chi connectivity index (χ4v) is 3.18. The van der Waals surface area contributed by atoms with Crippen LogP contribution in [-0.2, 0) is 6.54 Å². The van der Waals surface area contributed by atoms with Gasteiger partial charge in [-0.1, -0.05) is 29.8 Å². The molecular formula is C19H19ClN2O. The summed E-state index contributed by atoms with van der Waals surface area (Å²) in [6.07, 6.45) is 0. The molecule has 1 aromatic heterocycles. The van der Waals surface area contributed by atoms with Crippen molar-refractivity contribution >= 4 is 34.1 Å². The van der Waals surface area contributed by atoms with Crippen molar-refractivity contribution in [1.29, 1.82) is 0 Å². The Morgan fingerprint density at radius 2 is 1.91 bits per heavy atom. The Hall–Kier alpha value is -2.26. The third-order valence-corrected chi connectivity index (χ3v) is 4.44. The van der Waals surface area contributed by atoms with E-state index in [1.807, 2.05) is 67.8 Å². The molecule has 0 unspecified atom stereocenters. The maximum Gasteiger partial charge on any atom is 0.272 e. The van der Waals surface area contributed by atoms with Gasteiger partial charge in [0, 0.05) is 28.2 Å². The minimum atomic E-state index is -0.0917. The van der Waals surface area contributed by atoms with Crippen molar-refractivity contribution in [2.75, 3.05) is 5.32 Å². The zero-order valence-electron chi connectivity index (χ0n) is 13.5. The topological polar surface area (TPSA) is 34.0 Å². The van der Waals surface area contributed by atoms with E-state index in [0.29, 0.717) is 10.7 Å². The van der Waals surface area contributed by atoms with Gasteiger partial charge in [-0.25, -0.2) is 0 Å². The molecule has 0 fully saturated rings. The van der Waals surface area contributed by atoms with Crippen LogP contribution in [0.3, 0.4) is 0 Å². The van der Waals surface area contributed by atoms with E-state index in [-0.39, 0.29) is 5.91 Å². The highest BCUT2D eigenvalue weighted by Gasteiger charge is 2.20. The molecule has 1 heterocycles. The number of hydrogen-bond donors (Lipinski definition) is 1. The second kappa shape index (κ2) is 6.09. The van der Waals surface area contributed by atoms with E-state index in [2.05, 4.69) is 5.32 Å². The molecule has 0 bridgehead atoms. The van der Waals surface area contributed by atoms with Crippen molar-refractivity contribution < 1.29 is 4.79 Å². The minimum absolute atomic E-state index is 0.0917. The Morgan fingerprint density at radius 1 is 1.17 bits per heavy atom. The first kappa shape index (κ1) is 15.6. The molecule has 4 heteroatoms. The summed E-state index contributed by atoms with van der Waals surface area (Å²) in [4.78, 5) is 12.9. The maximum absolute atomic E-state index is 12.9. The van der Waals surface area contributed by atoms with Gasteiger partial charge in [-0.3, -0.25) is 4.79 Å². The largest absolute Gasteiger partial charge is 0.337 e. The van der Waals surface area contributed by atoms with E-state index in [9.17, 15) is 4.79 Å². The Morgan fingerprint density at radius 3 is 2.61 bits per heavy atom. The average Bonchev–Trinajstić information content (AvgIpc) is 2.81. The van der Waals surface area contributed by atoms with E-state index in [4.69, 9.17) is 11.6 Å². The lowest BCUT2D eigenvalue weighted by Gasteiger charge is -2.11. The number of aromatic nitrogens is 1. The van der Waals surface area contributed by atoms with Crippen LogP contribution >= 0.6 is 11.6 Å². The number of carbonyl (C=O) groups is 1. The Bertz CT molecular complexity index is 896. The van der Waals surface area contributed by atoms with Crippen LogP contribution in [0, 0.1) is 13.8 Å². The van der Waals surface area contributed by atoms with Crippen LogP contribution in [0.4, 0.5) is 5.69 Å². The number of anilines is 1. The smallest absolute Gasteiger partial charge is 0.272 e. The average molecular weight is 327 g/mol. The molecule has 3 rings (SSSR count). The molecule has 1 N–H and O–H groups in total. The van der Waals surface area contributed by atoms with Crippen LogP contribution in [0.1, 0.15) is 28.5 Å². The molecule has 0 atom stereocenters. The Balaban J connectivity index is 2.10. The highest BCUT2D eigenvalue weighted by molar-refractivity contribution is 6.31. The van der Waals surface area contributed by atoms with Gasteiger partial charge >= 0.3 is 0 Å². The second-order valence-electron chi connectivity index (χ2n) is 5.65. The highest BCUT2D eigenvalue weighted by Crippen LogP contribution is 2.29. The molecule has 118 valence electrons. The number of nitrogens with zero attached hydrogens (tertiary/aromatic N) is 1. The third-order valence-electron chi connectivity index (χ3n) is 4.20. The van der Waals surface area contributed by atoms with Gasteiger partial charge in [0.25, 0.3) is 5.91 Å². The van der Waals surface area contributed by atoms with E-state index in [1.165, 1.54) is 0 Å². The van der Waals surface area contributed by atoms with E-state index in [0.717, 1.165) is 34.3 Å². The molecule has 23 heavy (non-hydrogen) atoms. The number of nitrogens with one attached hydrogen (secondary N) is 1. The van der Waals surface area contributed by atoms with Crippen molar-refractivity contribution in [2.24, 2.45) is 0 Å². The third kappa shape index (κ3) is 2.73. The summed E-state index contributed by atoms with van der Waals surface area (Å²) in [6.45, 7) is 6.72. The lowest BCUT2D eigenvalue weighted by atomic mass is 10.1. The summed E-state index contributed by atoms with van der Waals surface area (Å²) in [7, 11) is 0. The number of carbonyl (C=O) groups excluding carboxylic acids is 1. The van der Waals surface area contributed by atoms with Crippen LogP contribution in [0.2, 0.25) is 5.02 Å². The molecule has 0 aliphatic heterocycles. The van der Waals surface area contributed by atoms with Gasteiger partial charge in [0.15, 0.2) is 0 Å². The van der Waals surface area contributed by atoms with E-state index < -0.39 is 0 Å². The number of aryl methyl sites for hydroxylation is 3. The first-order valence-corrected chi connectivity index (χ1v) is 8.06. The maximum atomic E-state index is 12.9. The number of fused-ring (bicyclic) bond motifs is 1. The van der Waals surface area contributed by atoms with Gasteiger partial charge in [-0.15, -0.1) is 0 Å². The predicted molar refractivity (Wildman–Crippen MR) is 96.5 cm³/mol. The monoisotopic (exact) mass is 326 g/mol. The molecule has 0 aliphatic carbocycles. The summed E-state index contributed by atoms with van der Waals surface area (Å²) >= 11 is 6.12. The van der Waals surface area contributed by atoms with Crippen LogP contribution in [0.25, 0.3) is 10.9 Å². The van der Waals surface area contributed by atoms with Crippen molar-refractivity contribution in [3.63, 3.8) is 0 Å². The normalized spacial score (nSPS) is 11.0. The van der Waals surface area contributed by atoms with E-state index >= 15 is 0 Å². The zero-order valence-corrected chi connectivity index (χ0v) is 14.2. The molecule has 0 saturated carbocycles. The minimum Gasteiger partial charge on any atom is -0.337 e. The number of amides is 1. The highest BCUT2D eigenvalue weighted by atomic mass is 35.5. The summed E-state index contributed by atoms with van der Waals surface area (Å²) < 4.78 is 2.04. The van der Waals surface area contributed by atoms with Crippen LogP contribution in [0.5, 0.6) is 0 Å². The first-order valence-electron chi connectivity index (χ1n) is 7.68. The number of benzene rings is 2. The van der Waals surface area contributed by atoms with Crippen LogP contribution < -0.4 is 5.32 Å². The van der Waals surface area contributed by atoms with Crippen molar-refractivity contribution in [1.82, 2.24) is 4.57 Å². The number of hydrogen-bond acceptors (Lipinski definition) is 1. The predicted octanol–water partition coefficient (Wildman–Crippen LogP) is 5.18. The second-order valence-corrected chi connectivity index (χ2v) is 6.08. The van der Waals surface area contributed by atoms with E-state index in [1.54, 1.807) is 0 Å². The lowest BCUT2D eigenvalue weighted by Crippen LogP contribution is -2.18. The molecule has 0 spiro atoms.